The van der Waals surface area contributed by atoms with Crippen LogP contribution in [0.4, 0.5) is 0 Å². The lowest BCUT2D eigenvalue weighted by molar-refractivity contribution is 0.458. The van der Waals surface area contributed by atoms with Gasteiger partial charge < -0.3 is 10.0 Å². The second kappa shape index (κ2) is 6.06. The first-order valence-electron chi connectivity index (χ1n) is 6.07. The first kappa shape index (κ1) is 15.5. The summed E-state index contributed by atoms with van der Waals surface area (Å²) in [5.41, 5.74) is 0.874. The number of rotatable bonds is 5. The van der Waals surface area contributed by atoms with E-state index >= 15 is 0 Å². The standard InChI is InChI=1S/C13H20N2O3S/c1-5-10(2)11-6-7-12(16)13(8-11)19(17,18)14-9-15(3)4/h6-10,16H,5H2,1-4H3. The van der Waals surface area contributed by atoms with Crippen molar-refractivity contribution < 1.29 is 13.5 Å². The van der Waals surface area contributed by atoms with Crippen molar-refractivity contribution in [2.24, 2.45) is 4.40 Å². The Kier molecular flexibility index (Phi) is 4.94. The van der Waals surface area contributed by atoms with E-state index in [2.05, 4.69) is 4.40 Å². The van der Waals surface area contributed by atoms with E-state index in [9.17, 15) is 13.5 Å². The van der Waals surface area contributed by atoms with Crippen molar-refractivity contribution in [3.63, 3.8) is 0 Å². The van der Waals surface area contributed by atoms with Gasteiger partial charge in [0.05, 0.1) is 0 Å². The summed E-state index contributed by atoms with van der Waals surface area (Å²) in [6, 6.07) is 4.63. The highest BCUT2D eigenvalue weighted by Crippen LogP contribution is 2.29. The molecule has 19 heavy (non-hydrogen) atoms. The summed E-state index contributed by atoms with van der Waals surface area (Å²) in [6.07, 6.45) is 2.09. The van der Waals surface area contributed by atoms with Crippen LogP contribution < -0.4 is 0 Å². The molecule has 0 heterocycles. The lowest BCUT2D eigenvalue weighted by Gasteiger charge is -2.11. The molecular formula is C13H20N2O3S. The maximum Gasteiger partial charge on any atom is 0.287 e. The molecule has 106 valence electrons. The van der Waals surface area contributed by atoms with Crippen LogP contribution in [0.25, 0.3) is 0 Å². The second-order valence-electron chi connectivity index (χ2n) is 4.70. The molecule has 0 spiro atoms. The Morgan fingerprint density at radius 1 is 1.42 bits per heavy atom. The van der Waals surface area contributed by atoms with Crippen LogP contribution in [-0.4, -0.2) is 38.9 Å². The second-order valence-corrected chi connectivity index (χ2v) is 6.30. The lowest BCUT2D eigenvalue weighted by atomic mass is 9.99. The molecule has 0 fully saturated rings. The fourth-order valence-electron chi connectivity index (χ4n) is 1.49. The van der Waals surface area contributed by atoms with Gasteiger partial charge in [-0.2, -0.15) is 8.42 Å². The van der Waals surface area contributed by atoms with Gasteiger partial charge in [0.15, 0.2) is 0 Å². The van der Waals surface area contributed by atoms with Crippen LogP contribution in [0.2, 0.25) is 0 Å². The Bertz CT molecular complexity index is 565. The molecule has 1 unspecified atom stereocenters. The maximum atomic E-state index is 12.0. The highest BCUT2D eigenvalue weighted by molar-refractivity contribution is 7.90. The highest BCUT2D eigenvalue weighted by atomic mass is 32.2. The van der Waals surface area contributed by atoms with Crippen molar-refractivity contribution in [1.82, 2.24) is 4.90 Å². The monoisotopic (exact) mass is 284 g/mol. The summed E-state index contributed by atoms with van der Waals surface area (Å²) in [5.74, 6) is -0.0460. The van der Waals surface area contributed by atoms with Crippen molar-refractivity contribution in [3.05, 3.63) is 23.8 Å². The third kappa shape index (κ3) is 3.96. The molecule has 0 saturated heterocycles. The van der Waals surface area contributed by atoms with Gasteiger partial charge in [-0.05, 0) is 30.0 Å². The summed E-state index contributed by atoms with van der Waals surface area (Å²) in [4.78, 5) is 1.37. The minimum Gasteiger partial charge on any atom is -0.507 e. The number of nitrogens with zero attached hydrogens (tertiary/aromatic N) is 2. The minimum atomic E-state index is -3.87. The molecule has 5 nitrogen and oxygen atoms in total. The minimum absolute atomic E-state index is 0.150. The normalized spacial score (nSPS) is 13.7. The Morgan fingerprint density at radius 2 is 2.05 bits per heavy atom. The van der Waals surface area contributed by atoms with E-state index in [-0.39, 0.29) is 16.6 Å². The maximum absolute atomic E-state index is 12.0. The Balaban J connectivity index is 3.26. The largest absolute Gasteiger partial charge is 0.507 e. The summed E-state index contributed by atoms with van der Waals surface area (Å²) in [7, 11) is -0.522. The van der Waals surface area contributed by atoms with Crippen molar-refractivity contribution in [1.29, 1.82) is 0 Å². The van der Waals surface area contributed by atoms with Gasteiger partial charge in [0, 0.05) is 14.1 Å². The third-order valence-electron chi connectivity index (χ3n) is 2.86. The third-order valence-corrected chi connectivity index (χ3v) is 4.11. The van der Waals surface area contributed by atoms with Crippen LogP contribution in [-0.2, 0) is 10.0 Å². The SMILES string of the molecule is CCC(C)c1ccc(O)c(S(=O)(=O)N=CN(C)C)c1. The lowest BCUT2D eigenvalue weighted by Crippen LogP contribution is -2.10. The summed E-state index contributed by atoms with van der Waals surface area (Å²) in [6.45, 7) is 4.03. The summed E-state index contributed by atoms with van der Waals surface area (Å²) < 4.78 is 27.6. The molecule has 1 rings (SSSR count). The van der Waals surface area contributed by atoms with Crippen molar-refractivity contribution in [2.45, 2.75) is 31.1 Å². The molecule has 1 N–H and O–H groups in total. The predicted molar refractivity (Wildman–Crippen MR) is 76.2 cm³/mol. The molecule has 0 aliphatic rings. The first-order valence-corrected chi connectivity index (χ1v) is 7.51. The van der Waals surface area contributed by atoms with Crippen LogP contribution >= 0.6 is 0 Å². The van der Waals surface area contributed by atoms with E-state index in [0.717, 1.165) is 12.0 Å². The fourth-order valence-corrected chi connectivity index (χ4v) is 2.54. The van der Waals surface area contributed by atoms with E-state index in [4.69, 9.17) is 0 Å². The van der Waals surface area contributed by atoms with Crippen LogP contribution in [0.5, 0.6) is 5.75 Å². The number of benzene rings is 1. The molecule has 0 aromatic heterocycles. The fraction of sp³-hybridized carbons (Fsp3) is 0.462. The molecule has 1 aromatic rings. The van der Waals surface area contributed by atoms with E-state index in [1.165, 1.54) is 23.4 Å². The Labute approximate surface area is 114 Å². The molecule has 0 radical (unpaired) electrons. The molecule has 0 aliphatic carbocycles. The predicted octanol–water partition coefficient (Wildman–Crippen LogP) is 2.18. The quantitative estimate of drug-likeness (QED) is 0.664. The molecule has 0 bridgehead atoms. The number of phenolic OH excluding ortho intramolecular Hbond substituents is 1. The van der Waals surface area contributed by atoms with Gasteiger partial charge in [0.1, 0.15) is 17.0 Å². The van der Waals surface area contributed by atoms with Gasteiger partial charge >= 0.3 is 0 Å². The zero-order valence-corrected chi connectivity index (χ0v) is 12.5. The first-order chi connectivity index (χ1) is 8.77. The number of sulfonamides is 1. The van der Waals surface area contributed by atoms with Crippen molar-refractivity contribution >= 4 is 16.4 Å². The molecule has 0 amide bonds. The van der Waals surface area contributed by atoms with Crippen LogP contribution in [0, 0.1) is 0 Å². The topological polar surface area (TPSA) is 70.0 Å². The van der Waals surface area contributed by atoms with Gasteiger partial charge in [0.2, 0.25) is 0 Å². The van der Waals surface area contributed by atoms with E-state index in [1.807, 2.05) is 13.8 Å². The Hall–Kier alpha value is -1.56. The molecule has 6 heteroatoms. The number of aromatic hydroxyl groups is 1. The summed E-state index contributed by atoms with van der Waals surface area (Å²) >= 11 is 0. The summed E-state index contributed by atoms with van der Waals surface area (Å²) in [5, 5.41) is 9.72. The van der Waals surface area contributed by atoms with Gasteiger partial charge in [-0.25, -0.2) is 0 Å². The Morgan fingerprint density at radius 3 is 2.58 bits per heavy atom. The van der Waals surface area contributed by atoms with Crippen LogP contribution in [0.3, 0.4) is 0 Å². The van der Waals surface area contributed by atoms with Gasteiger partial charge in [-0.1, -0.05) is 19.9 Å². The van der Waals surface area contributed by atoms with Crippen LogP contribution in [0.15, 0.2) is 27.5 Å². The average molecular weight is 284 g/mol. The zero-order valence-electron chi connectivity index (χ0n) is 11.7. The zero-order chi connectivity index (χ0) is 14.6. The molecule has 0 saturated carbocycles. The van der Waals surface area contributed by atoms with Crippen molar-refractivity contribution in [3.8, 4) is 5.75 Å². The van der Waals surface area contributed by atoms with Crippen molar-refractivity contribution in [2.75, 3.05) is 14.1 Å². The van der Waals surface area contributed by atoms with E-state index in [0.29, 0.717) is 0 Å². The smallest absolute Gasteiger partial charge is 0.287 e. The highest BCUT2D eigenvalue weighted by Gasteiger charge is 2.19. The van der Waals surface area contributed by atoms with Gasteiger partial charge in [0.25, 0.3) is 10.0 Å². The molecule has 1 aromatic carbocycles. The molecule has 1 atom stereocenters. The van der Waals surface area contributed by atoms with Gasteiger partial charge in [-0.3, -0.25) is 0 Å². The number of phenols is 1. The number of hydrogen-bond acceptors (Lipinski definition) is 3. The van der Waals surface area contributed by atoms with Gasteiger partial charge in [-0.15, -0.1) is 4.40 Å². The number of hydrogen-bond donors (Lipinski definition) is 1. The molecular weight excluding hydrogens is 264 g/mol. The molecule has 0 aliphatic heterocycles. The van der Waals surface area contributed by atoms with E-state index < -0.39 is 10.0 Å². The van der Waals surface area contributed by atoms with Crippen LogP contribution in [0.1, 0.15) is 31.7 Å². The average Bonchev–Trinajstić information content (AvgIpc) is 2.36. The van der Waals surface area contributed by atoms with E-state index in [1.54, 1.807) is 20.2 Å².